The van der Waals surface area contributed by atoms with Gasteiger partial charge in [-0.3, -0.25) is 14.5 Å². The number of aliphatic hydroxyl groups excluding tert-OH is 1. The Morgan fingerprint density at radius 1 is 1.17 bits per heavy atom. The van der Waals surface area contributed by atoms with E-state index in [1.165, 1.54) is 12.0 Å². The van der Waals surface area contributed by atoms with Crippen molar-refractivity contribution in [2.24, 2.45) is 0 Å². The van der Waals surface area contributed by atoms with Crippen LogP contribution in [0, 0.1) is 6.92 Å². The van der Waals surface area contributed by atoms with Crippen LogP contribution in [0.1, 0.15) is 37.5 Å². The van der Waals surface area contributed by atoms with Crippen molar-refractivity contribution in [1.82, 2.24) is 4.98 Å². The summed E-state index contributed by atoms with van der Waals surface area (Å²) in [6.45, 7) is 1.61. The average molecular weight is 509 g/mol. The maximum Gasteiger partial charge on any atom is 0.350 e. The molecule has 0 aliphatic carbocycles. The standard InChI is InChI=1S/C25H17ClN2O6S/c1-12-22(24(32)33-2)35-25(27-12)28-19(14-7-5-8-15(26)10-14)18(21(30)23(28)31)20(29)17-11-13-6-3-4-9-16(13)34-17/h3-11,19,30H,1-2H3. The topological polar surface area (TPSA) is 110 Å². The third kappa shape index (κ3) is 3.78. The molecule has 0 spiro atoms. The van der Waals surface area contributed by atoms with E-state index < -0.39 is 29.5 Å². The van der Waals surface area contributed by atoms with Crippen molar-refractivity contribution in [3.63, 3.8) is 0 Å². The molecule has 0 saturated carbocycles. The number of esters is 1. The second kappa shape index (κ2) is 8.68. The van der Waals surface area contributed by atoms with Gasteiger partial charge in [0.05, 0.1) is 24.4 Å². The first-order valence-corrected chi connectivity index (χ1v) is 11.6. The SMILES string of the molecule is COC(=O)c1sc(N2C(=O)C(O)=C(C(=O)c3cc4ccccc4o3)C2c2cccc(Cl)c2)nc1C. The number of anilines is 1. The van der Waals surface area contributed by atoms with Crippen LogP contribution in [-0.2, 0) is 9.53 Å². The highest BCUT2D eigenvalue weighted by molar-refractivity contribution is 7.17. The Morgan fingerprint density at radius 3 is 2.66 bits per heavy atom. The summed E-state index contributed by atoms with van der Waals surface area (Å²) >= 11 is 7.14. The first kappa shape index (κ1) is 22.8. The molecule has 0 radical (unpaired) electrons. The fraction of sp³-hybridized carbons (Fsp3) is 0.120. The number of hydrogen-bond acceptors (Lipinski definition) is 8. The molecule has 1 aliphatic rings. The van der Waals surface area contributed by atoms with Gasteiger partial charge in [-0.1, -0.05) is 53.3 Å². The van der Waals surface area contributed by atoms with Gasteiger partial charge < -0.3 is 14.3 Å². The zero-order chi connectivity index (χ0) is 24.9. The van der Waals surface area contributed by atoms with E-state index in [2.05, 4.69) is 4.98 Å². The quantitative estimate of drug-likeness (QED) is 0.283. The van der Waals surface area contributed by atoms with Crippen LogP contribution in [0.3, 0.4) is 0 Å². The monoisotopic (exact) mass is 508 g/mol. The summed E-state index contributed by atoms with van der Waals surface area (Å²) in [5, 5.41) is 12.1. The van der Waals surface area contributed by atoms with E-state index in [9.17, 15) is 19.5 Å². The lowest BCUT2D eigenvalue weighted by Crippen LogP contribution is -2.31. The first-order valence-electron chi connectivity index (χ1n) is 10.4. The Morgan fingerprint density at radius 2 is 1.94 bits per heavy atom. The third-order valence-electron chi connectivity index (χ3n) is 5.63. The molecule has 2 aromatic heterocycles. The molecule has 35 heavy (non-hydrogen) atoms. The summed E-state index contributed by atoms with van der Waals surface area (Å²) in [4.78, 5) is 44.8. The number of nitrogens with zero attached hydrogens (tertiary/aromatic N) is 2. The third-order valence-corrected chi connectivity index (χ3v) is 7.00. The van der Waals surface area contributed by atoms with Gasteiger partial charge in [-0.2, -0.15) is 0 Å². The van der Waals surface area contributed by atoms with Gasteiger partial charge in [0.2, 0.25) is 5.78 Å². The normalized spacial score (nSPS) is 15.8. The Labute approximate surface area is 208 Å². The molecule has 0 fully saturated rings. The predicted octanol–water partition coefficient (Wildman–Crippen LogP) is 5.42. The Balaban J connectivity index is 1.66. The highest BCUT2D eigenvalue weighted by atomic mass is 35.5. The zero-order valence-corrected chi connectivity index (χ0v) is 20.0. The second-order valence-corrected chi connectivity index (χ2v) is 9.19. The number of aromatic nitrogens is 1. The highest BCUT2D eigenvalue weighted by Crippen LogP contribution is 2.44. The molecule has 1 amide bonds. The van der Waals surface area contributed by atoms with Crippen molar-refractivity contribution in [3.05, 3.63) is 92.8 Å². The van der Waals surface area contributed by atoms with Crippen LogP contribution in [0.15, 0.2) is 70.3 Å². The lowest BCUT2D eigenvalue weighted by Gasteiger charge is -2.24. The minimum Gasteiger partial charge on any atom is -0.503 e. The number of amides is 1. The molecule has 0 bridgehead atoms. The minimum atomic E-state index is -1.06. The summed E-state index contributed by atoms with van der Waals surface area (Å²) in [5.74, 6) is -2.85. The Bertz CT molecular complexity index is 1520. The smallest absolute Gasteiger partial charge is 0.350 e. The molecule has 2 aromatic carbocycles. The van der Waals surface area contributed by atoms with Crippen molar-refractivity contribution >= 4 is 56.7 Å². The van der Waals surface area contributed by atoms with Crippen LogP contribution in [0.5, 0.6) is 0 Å². The predicted molar refractivity (Wildman–Crippen MR) is 130 cm³/mol. The number of halogens is 1. The highest BCUT2D eigenvalue weighted by Gasteiger charge is 2.47. The number of benzene rings is 2. The molecule has 10 heteroatoms. The van der Waals surface area contributed by atoms with Gasteiger partial charge in [0.15, 0.2) is 16.7 Å². The molecule has 1 aliphatic heterocycles. The molecule has 1 N–H and O–H groups in total. The summed E-state index contributed by atoms with van der Waals surface area (Å²) in [6, 6.07) is 14.2. The average Bonchev–Trinajstić information content (AvgIpc) is 3.52. The van der Waals surface area contributed by atoms with E-state index in [4.69, 9.17) is 20.8 Å². The number of fused-ring (bicyclic) bond motifs is 1. The number of hydrogen-bond donors (Lipinski definition) is 1. The largest absolute Gasteiger partial charge is 0.503 e. The van der Waals surface area contributed by atoms with Gasteiger partial charge in [0.25, 0.3) is 5.91 Å². The van der Waals surface area contributed by atoms with Crippen molar-refractivity contribution < 1.29 is 28.6 Å². The number of aryl methyl sites for hydroxylation is 1. The van der Waals surface area contributed by atoms with Crippen molar-refractivity contribution in [1.29, 1.82) is 0 Å². The van der Waals surface area contributed by atoms with Gasteiger partial charge in [0, 0.05) is 10.4 Å². The van der Waals surface area contributed by atoms with Gasteiger partial charge in [-0.15, -0.1) is 0 Å². The van der Waals surface area contributed by atoms with Crippen molar-refractivity contribution in [2.75, 3.05) is 12.0 Å². The van der Waals surface area contributed by atoms with E-state index in [1.807, 2.05) is 6.07 Å². The molecule has 3 heterocycles. The molecular weight excluding hydrogens is 492 g/mol. The second-order valence-electron chi connectivity index (χ2n) is 7.78. The summed E-state index contributed by atoms with van der Waals surface area (Å²) < 4.78 is 10.5. The Hall–Kier alpha value is -3.95. The number of ketones is 1. The molecule has 4 aromatic rings. The van der Waals surface area contributed by atoms with E-state index >= 15 is 0 Å². The van der Waals surface area contributed by atoms with Crippen molar-refractivity contribution in [2.45, 2.75) is 13.0 Å². The summed E-state index contributed by atoms with van der Waals surface area (Å²) in [5.41, 5.74) is 1.14. The molecule has 0 saturated heterocycles. The number of Topliss-reactive ketones (excluding diaryl/α,β-unsaturated/α-hetero) is 1. The van der Waals surface area contributed by atoms with E-state index in [-0.39, 0.29) is 21.3 Å². The fourth-order valence-corrected chi connectivity index (χ4v) is 5.23. The molecule has 1 atom stereocenters. The number of furan rings is 1. The maximum atomic E-state index is 13.6. The van der Waals surface area contributed by atoms with Gasteiger partial charge in [-0.05, 0) is 36.8 Å². The molecule has 176 valence electrons. The Kier molecular flexibility index (Phi) is 5.66. The lowest BCUT2D eigenvalue weighted by atomic mass is 9.95. The fourth-order valence-electron chi connectivity index (χ4n) is 4.02. The summed E-state index contributed by atoms with van der Waals surface area (Å²) in [6.07, 6.45) is 0. The first-order chi connectivity index (χ1) is 16.8. The number of aliphatic hydroxyl groups is 1. The van der Waals surface area contributed by atoms with Crippen LogP contribution in [0.4, 0.5) is 5.13 Å². The van der Waals surface area contributed by atoms with Crippen LogP contribution >= 0.6 is 22.9 Å². The van der Waals surface area contributed by atoms with E-state index in [0.717, 1.165) is 11.3 Å². The van der Waals surface area contributed by atoms with E-state index in [0.29, 0.717) is 27.2 Å². The van der Waals surface area contributed by atoms with Gasteiger partial charge in [-0.25, -0.2) is 9.78 Å². The molecular formula is C25H17ClN2O6S. The van der Waals surface area contributed by atoms with Crippen LogP contribution < -0.4 is 4.90 Å². The van der Waals surface area contributed by atoms with E-state index in [1.54, 1.807) is 55.5 Å². The number of rotatable bonds is 5. The zero-order valence-electron chi connectivity index (χ0n) is 18.4. The number of carbonyl (C=O) groups excluding carboxylic acids is 3. The van der Waals surface area contributed by atoms with Gasteiger partial charge >= 0.3 is 5.97 Å². The molecule has 1 unspecified atom stereocenters. The number of para-hydroxylation sites is 1. The summed E-state index contributed by atoms with van der Waals surface area (Å²) in [7, 11) is 1.24. The van der Waals surface area contributed by atoms with Crippen molar-refractivity contribution in [3.8, 4) is 0 Å². The van der Waals surface area contributed by atoms with Crippen LogP contribution in [0.25, 0.3) is 11.0 Å². The lowest BCUT2D eigenvalue weighted by molar-refractivity contribution is -0.117. The minimum absolute atomic E-state index is 0.0278. The maximum absolute atomic E-state index is 13.6. The number of thiazole rings is 1. The molecule has 5 rings (SSSR count). The van der Waals surface area contributed by atoms with Gasteiger partial charge in [0.1, 0.15) is 10.5 Å². The molecule has 8 nitrogen and oxygen atoms in total. The van der Waals surface area contributed by atoms with Crippen LogP contribution in [0.2, 0.25) is 5.02 Å². The van der Waals surface area contributed by atoms with Crippen LogP contribution in [-0.4, -0.2) is 34.9 Å². The number of methoxy groups -OCH3 is 1. The number of carbonyl (C=O) groups is 3. The number of ether oxygens (including phenoxy) is 1.